The fraction of sp³-hybridized carbons (Fsp3) is 0.381. The second kappa shape index (κ2) is 10.1. The zero-order valence-corrected chi connectivity index (χ0v) is 17.3. The molecule has 0 bridgehead atoms. The van der Waals surface area contributed by atoms with Crippen molar-refractivity contribution in [2.45, 2.75) is 32.7 Å². The minimum atomic E-state index is -0.845. The second-order valence-electron chi connectivity index (χ2n) is 6.33. The monoisotopic (exact) mass is 403 g/mol. The van der Waals surface area contributed by atoms with E-state index < -0.39 is 12.0 Å². The molecule has 1 amide bonds. The minimum absolute atomic E-state index is 0.0764. The van der Waals surface area contributed by atoms with E-state index in [-0.39, 0.29) is 29.3 Å². The van der Waals surface area contributed by atoms with E-state index in [1.807, 2.05) is 43.3 Å². The Morgan fingerprint density at radius 3 is 2.43 bits per heavy atom. The molecule has 0 aliphatic rings. The first kappa shape index (κ1) is 21.8. The van der Waals surface area contributed by atoms with Crippen molar-refractivity contribution in [3.63, 3.8) is 0 Å². The lowest BCUT2D eigenvalue weighted by atomic mass is 9.99. The van der Waals surface area contributed by atoms with Gasteiger partial charge in [0.1, 0.15) is 11.8 Å². The SMILES string of the molecule is CCOC(=O)C(CSC(=O)[C@H](C)c1ccc2cc(OC)ccc2c1)NC(C)=O. The van der Waals surface area contributed by atoms with E-state index in [0.29, 0.717) is 0 Å². The summed E-state index contributed by atoms with van der Waals surface area (Å²) in [5, 5.41) is 4.51. The topological polar surface area (TPSA) is 81.7 Å². The number of ether oxygens (including phenoxy) is 2. The molecule has 150 valence electrons. The van der Waals surface area contributed by atoms with E-state index in [0.717, 1.165) is 33.8 Å². The van der Waals surface area contributed by atoms with Crippen molar-refractivity contribution in [3.05, 3.63) is 42.0 Å². The third kappa shape index (κ3) is 5.73. The van der Waals surface area contributed by atoms with Gasteiger partial charge in [0.15, 0.2) is 5.12 Å². The molecule has 0 radical (unpaired) electrons. The average Bonchev–Trinajstić information content (AvgIpc) is 2.69. The molecular formula is C21H25NO5S. The number of esters is 1. The van der Waals surface area contributed by atoms with Crippen LogP contribution in [0.25, 0.3) is 10.8 Å². The summed E-state index contributed by atoms with van der Waals surface area (Å²) in [6.45, 7) is 5.06. The van der Waals surface area contributed by atoms with E-state index in [2.05, 4.69) is 5.32 Å². The lowest BCUT2D eigenvalue weighted by Crippen LogP contribution is -2.43. The Morgan fingerprint density at radius 1 is 1.11 bits per heavy atom. The van der Waals surface area contributed by atoms with Gasteiger partial charge < -0.3 is 14.8 Å². The molecule has 1 N–H and O–H groups in total. The lowest BCUT2D eigenvalue weighted by Gasteiger charge is -2.17. The Morgan fingerprint density at radius 2 is 1.79 bits per heavy atom. The molecule has 6 nitrogen and oxygen atoms in total. The van der Waals surface area contributed by atoms with Gasteiger partial charge in [-0.1, -0.05) is 43.0 Å². The highest BCUT2D eigenvalue weighted by atomic mass is 32.2. The highest BCUT2D eigenvalue weighted by Crippen LogP contribution is 2.28. The van der Waals surface area contributed by atoms with Crippen LogP contribution in [0.4, 0.5) is 0 Å². The van der Waals surface area contributed by atoms with Crippen molar-refractivity contribution in [1.29, 1.82) is 0 Å². The van der Waals surface area contributed by atoms with Gasteiger partial charge in [-0.25, -0.2) is 4.79 Å². The molecule has 0 aliphatic heterocycles. The predicted octanol–water partition coefficient (Wildman–Crippen LogP) is 3.28. The van der Waals surface area contributed by atoms with E-state index in [1.54, 1.807) is 14.0 Å². The third-order valence-corrected chi connectivity index (χ3v) is 5.40. The molecule has 7 heteroatoms. The fourth-order valence-electron chi connectivity index (χ4n) is 2.72. The number of methoxy groups -OCH3 is 1. The Kier molecular flexibility index (Phi) is 7.87. The average molecular weight is 404 g/mol. The molecule has 2 aromatic carbocycles. The number of rotatable bonds is 8. The van der Waals surface area contributed by atoms with Crippen molar-refractivity contribution < 1.29 is 23.9 Å². The summed E-state index contributed by atoms with van der Waals surface area (Å²) >= 11 is 1.02. The molecule has 28 heavy (non-hydrogen) atoms. The highest BCUT2D eigenvalue weighted by Gasteiger charge is 2.24. The maximum atomic E-state index is 12.6. The van der Waals surface area contributed by atoms with Gasteiger partial charge in [0, 0.05) is 12.7 Å². The molecule has 2 aromatic rings. The van der Waals surface area contributed by atoms with Crippen LogP contribution in [0.5, 0.6) is 5.75 Å². The summed E-state index contributed by atoms with van der Waals surface area (Å²) < 4.78 is 10.2. The molecule has 0 aliphatic carbocycles. The number of hydrogen-bond acceptors (Lipinski definition) is 6. The van der Waals surface area contributed by atoms with Crippen LogP contribution in [0, 0.1) is 0 Å². The number of amides is 1. The van der Waals surface area contributed by atoms with E-state index in [9.17, 15) is 14.4 Å². The largest absolute Gasteiger partial charge is 0.497 e. The Bertz CT molecular complexity index is 867. The van der Waals surface area contributed by atoms with Crippen molar-refractivity contribution >= 4 is 39.5 Å². The van der Waals surface area contributed by atoms with Crippen molar-refractivity contribution in [3.8, 4) is 5.75 Å². The van der Waals surface area contributed by atoms with Crippen molar-refractivity contribution in [1.82, 2.24) is 5.32 Å². The molecule has 0 fully saturated rings. The minimum Gasteiger partial charge on any atom is -0.497 e. The number of fused-ring (bicyclic) bond motifs is 1. The van der Waals surface area contributed by atoms with Gasteiger partial charge in [-0.05, 0) is 35.4 Å². The Hall–Kier alpha value is -2.54. The molecular weight excluding hydrogens is 378 g/mol. The zero-order chi connectivity index (χ0) is 20.7. The van der Waals surface area contributed by atoms with Crippen LogP contribution in [0.3, 0.4) is 0 Å². The summed E-state index contributed by atoms with van der Waals surface area (Å²) in [5.41, 5.74) is 0.891. The molecule has 0 heterocycles. The van der Waals surface area contributed by atoms with Gasteiger partial charge in [-0.2, -0.15) is 0 Å². The van der Waals surface area contributed by atoms with Gasteiger partial charge in [-0.3, -0.25) is 9.59 Å². The normalized spacial score (nSPS) is 12.9. The number of benzene rings is 2. The Labute approximate surface area is 169 Å². The van der Waals surface area contributed by atoms with Crippen molar-refractivity contribution in [2.24, 2.45) is 0 Å². The summed E-state index contributed by atoms with van der Waals surface area (Å²) in [7, 11) is 1.62. The molecule has 0 saturated carbocycles. The standard InChI is InChI=1S/C21H25NO5S/c1-5-27-20(24)19(22-14(3)23)12-28-21(25)13(2)15-6-7-17-11-18(26-4)9-8-16(17)10-15/h6-11,13,19H,5,12H2,1-4H3,(H,22,23)/t13-,19?/m1/s1. The summed E-state index contributed by atoms with van der Waals surface area (Å²) in [6, 6.07) is 10.8. The van der Waals surface area contributed by atoms with Gasteiger partial charge in [0.05, 0.1) is 19.6 Å². The van der Waals surface area contributed by atoms with Crippen LogP contribution in [-0.2, 0) is 19.1 Å². The first-order valence-electron chi connectivity index (χ1n) is 9.03. The Balaban J connectivity index is 2.07. The van der Waals surface area contributed by atoms with Crippen LogP contribution in [0.2, 0.25) is 0 Å². The maximum Gasteiger partial charge on any atom is 0.329 e. The van der Waals surface area contributed by atoms with Gasteiger partial charge in [0.2, 0.25) is 5.91 Å². The number of nitrogens with one attached hydrogen (secondary N) is 1. The second-order valence-corrected chi connectivity index (χ2v) is 7.35. The van der Waals surface area contributed by atoms with Crippen molar-refractivity contribution in [2.75, 3.05) is 19.5 Å². The molecule has 0 aromatic heterocycles. The molecule has 2 rings (SSSR count). The number of hydrogen-bond donors (Lipinski definition) is 1. The first-order chi connectivity index (χ1) is 13.3. The van der Waals surface area contributed by atoms with E-state index in [1.165, 1.54) is 6.92 Å². The zero-order valence-electron chi connectivity index (χ0n) is 16.5. The number of thioether (sulfide) groups is 1. The predicted molar refractivity (Wildman–Crippen MR) is 111 cm³/mol. The quantitative estimate of drug-likeness (QED) is 0.681. The third-order valence-electron chi connectivity index (χ3n) is 4.27. The molecule has 1 unspecified atom stereocenters. The number of carbonyl (C=O) groups excluding carboxylic acids is 3. The van der Waals surface area contributed by atoms with E-state index >= 15 is 0 Å². The maximum absolute atomic E-state index is 12.6. The van der Waals surface area contributed by atoms with E-state index in [4.69, 9.17) is 9.47 Å². The van der Waals surface area contributed by atoms with Gasteiger partial charge >= 0.3 is 5.97 Å². The molecule has 2 atom stereocenters. The van der Waals surface area contributed by atoms with Gasteiger partial charge in [-0.15, -0.1) is 0 Å². The highest BCUT2D eigenvalue weighted by molar-refractivity contribution is 8.13. The van der Waals surface area contributed by atoms with Crippen LogP contribution >= 0.6 is 11.8 Å². The summed E-state index contributed by atoms with van der Waals surface area (Å²) in [6.07, 6.45) is 0. The molecule has 0 saturated heterocycles. The number of carbonyl (C=O) groups is 3. The van der Waals surface area contributed by atoms with Crippen LogP contribution in [0.1, 0.15) is 32.3 Å². The lowest BCUT2D eigenvalue weighted by molar-refractivity contribution is -0.146. The fourth-order valence-corrected chi connectivity index (χ4v) is 3.66. The van der Waals surface area contributed by atoms with Crippen LogP contribution in [0.15, 0.2) is 36.4 Å². The van der Waals surface area contributed by atoms with Crippen LogP contribution < -0.4 is 10.1 Å². The molecule has 0 spiro atoms. The first-order valence-corrected chi connectivity index (χ1v) is 10.0. The summed E-state index contributed by atoms with van der Waals surface area (Å²) in [4.78, 5) is 35.9. The smallest absolute Gasteiger partial charge is 0.329 e. The van der Waals surface area contributed by atoms with Gasteiger partial charge in [0.25, 0.3) is 0 Å². The van der Waals surface area contributed by atoms with Crippen LogP contribution in [-0.4, -0.2) is 42.5 Å². The summed E-state index contributed by atoms with van der Waals surface area (Å²) in [5.74, 6) is -0.319.